The van der Waals surface area contributed by atoms with Crippen LogP contribution in [0.4, 0.5) is 0 Å². The van der Waals surface area contributed by atoms with E-state index in [1.54, 1.807) is 19.5 Å². The van der Waals surface area contributed by atoms with Crippen molar-refractivity contribution in [1.82, 2.24) is 19.8 Å². The third-order valence-corrected chi connectivity index (χ3v) is 4.34. The molecule has 7 heteroatoms. The lowest BCUT2D eigenvalue weighted by atomic mass is 10.1. The molecule has 132 valence electrons. The molecule has 0 saturated carbocycles. The van der Waals surface area contributed by atoms with Crippen LogP contribution in [0.3, 0.4) is 0 Å². The molecule has 2 heterocycles. The maximum absolute atomic E-state index is 12.6. The predicted molar refractivity (Wildman–Crippen MR) is 93.4 cm³/mol. The summed E-state index contributed by atoms with van der Waals surface area (Å²) in [4.78, 5) is 25.1. The maximum Gasteiger partial charge on any atom is 0.253 e. The number of benzene rings is 1. The molecule has 1 saturated heterocycles. The van der Waals surface area contributed by atoms with Crippen molar-refractivity contribution in [3.8, 4) is 17.1 Å². The minimum absolute atomic E-state index is 0.0290. The molecule has 1 N–H and O–H groups in total. The van der Waals surface area contributed by atoms with Gasteiger partial charge in [-0.2, -0.15) is 0 Å². The highest BCUT2D eigenvalue weighted by Crippen LogP contribution is 2.25. The Morgan fingerprint density at radius 1 is 1.12 bits per heavy atom. The molecule has 0 radical (unpaired) electrons. The van der Waals surface area contributed by atoms with Gasteiger partial charge in [0.1, 0.15) is 5.69 Å². The Kier molecular flexibility index (Phi) is 5.57. The SMILES string of the molecule is COc1nccnc1-c1ccc(C(=O)N2CCN(CCO)CC2)cc1. The van der Waals surface area contributed by atoms with Gasteiger partial charge in [0.2, 0.25) is 5.88 Å². The lowest BCUT2D eigenvalue weighted by molar-refractivity contribution is 0.0615. The van der Waals surface area contributed by atoms with Gasteiger partial charge in [-0.3, -0.25) is 9.69 Å². The van der Waals surface area contributed by atoms with E-state index in [0.29, 0.717) is 36.8 Å². The van der Waals surface area contributed by atoms with Crippen LogP contribution in [-0.2, 0) is 0 Å². The van der Waals surface area contributed by atoms with Crippen LogP contribution in [0.15, 0.2) is 36.7 Å². The summed E-state index contributed by atoms with van der Waals surface area (Å²) in [7, 11) is 1.56. The minimum Gasteiger partial charge on any atom is -0.479 e. The summed E-state index contributed by atoms with van der Waals surface area (Å²) in [5, 5.41) is 8.99. The van der Waals surface area contributed by atoms with Crippen molar-refractivity contribution in [1.29, 1.82) is 0 Å². The number of rotatable bonds is 5. The first kappa shape index (κ1) is 17.3. The molecule has 1 amide bonds. The van der Waals surface area contributed by atoms with Crippen molar-refractivity contribution in [3.63, 3.8) is 0 Å². The number of aliphatic hydroxyl groups is 1. The van der Waals surface area contributed by atoms with Gasteiger partial charge in [-0.05, 0) is 12.1 Å². The monoisotopic (exact) mass is 342 g/mol. The van der Waals surface area contributed by atoms with Gasteiger partial charge in [-0.25, -0.2) is 9.97 Å². The van der Waals surface area contributed by atoms with E-state index in [1.165, 1.54) is 0 Å². The van der Waals surface area contributed by atoms with E-state index in [4.69, 9.17) is 9.84 Å². The summed E-state index contributed by atoms with van der Waals surface area (Å²) < 4.78 is 5.23. The fourth-order valence-corrected chi connectivity index (χ4v) is 2.94. The number of hydrogen-bond acceptors (Lipinski definition) is 6. The van der Waals surface area contributed by atoms with Crippen LogP contribution in [0.2, 0.25) is 0 Å². The van der Waals surface area contributed by atoms with E-state index < -0.39 is 0 Å². The molecule has 1 aliphatic rings. The Morgan fingerprint density at radius 2 is 1.80 bits per heavy atom. The summed E-state index contributed by atoms with van der Waals surface area (Å²) in [5.74, 6) is 0.489. The Balaban J connectivity index is 1.69. The number of carbonyl (C=O) groups is 1. The van der Waals surface area contributed by atoms with E-state index in [2.05, 4.69) is 14.9 Å². The van der Waals surface area contributed by atoms with E-state index in [-0.39, 0.29) is 12.5 Å². The zero-order chi connectivity index (χ0) is 17.6. The van der Waals surface area contributed by atoms with Crippen LogP contribution in [0.5, 0.6) is 5.88 Å². The smallest absolute Gasteiger partial charge is 0.253 e. The summed E-state index contributed by atoms with van der Waals surface area (Å²) in [6.07, 6.45) is 3.19. The molecule has 1 aromatic carbocycles. The number of carbonyl (C=O) groups excluding carboxylic acids is 1. The molecule has 0 bridgehead atoms. The summed E-state index contributed by atoms with van der Waals surface area (Å²) in [6.45, 7) is 3.76. The van der Waals surface area contributed by atoms with E-state index in [9.17, 15) is 4.79 Å². The number of nitrogens with zero attached hydrogens (tertiary/aromatic N) is 4. The van der Waals surface area contributed by atoms with Crippen molar-refractivity contribution in [2.75, 3.05) is 46.4 Å². The number of methoxy groups -OCH3 is 1. The maximum atomic E-state index is 12.6. The van der Waals surface area contributed by atoms with Crippen molar-refractivity contribution >= 4 is 5.91 Å². The second kappa shape index (κ2) is 8.04. The Hall–Kier alpha value is -2.51. The number of ether oxygens (including phenoxy) is 1. The highest BCUT2D eigenvalue weighted by Gasteiger charge is 2.22. The Morgan fingerprint density at radius 3 is 2.44 bits per heavy atom. The highest BCUT2D eigenvalue weighted by molar-refractivity contribution is 5.94. The highest BCUT2D eigenvalue weighted by atomic mass is 16.5. The molecule has 0 atom stereocenters. The van der Waals surface area contributed by atoms with Crippen molar-refractivity contribution in [3.05, 3.63) is 42.2 Å². The largest absolute Gasteiger partial charge is 0.479 e. The average Bonchev–Trinajstić information content (AvgIpc) is 2.68. The Bertz CT molecular complexity index is 713. The number of aromatic nitrogens is 2. The van der Waals surface area contributed by atoms with E-state index in [1.807, 2.05) is 29.2 Å². The molecule has 1 aromatic heterocycles. The van der Waals surface area contributed by atoms with Crippen molar-refractivity contribution in [2.24, 2.45) is 0 Å². The average molecular weight is 342 g/mol. The quantitative estimate of drug-likeness (QED) is 0.870. The van der Waals surface area contributed by atoms with Crippen LogP contribution in [-0.4, -0.2) is 77.2 Å². The first-order chi connectivity index (χ1) is 12.2. The number of piperazine rings is 1. The van der Waals surface area contributed by atoms with Gasteiger partial charge in [-0.15, -0.1) is 0 Å². The van der Waals surface area contributed by atoms with Crippen LogP contribution in [0.1, 0.15) is 10.4 Å². The molecule has 1 fully saturated rings. The molecular weight excluding hydrogens is 320 g/mol. The zero-order valence-electron chi connectivity index (χ0n) is 14.3. The third kappa shape index (κ3) is 3.94. The first-order valence-electron chi connectivity index (χ1n) is 8.31. The van der Waals surface area contributed by atoms with Crippen molar-refractivity contribution < 1.29 is 14.6 Å². The van der Waals surface area contributed by atoms with Crippen LogP contribution in [0, 0.1) is 0 Å². The molecule has 0 spiro atoms. The molecular formula is C18H22N4O3. The molecule has 25 heavy (non-hydrogen) atoms. The first-order valence-corrected chi connectivity index (χ1v) is 8.31. The van der Waals surface area contributed by atoms with Crippen molar-refractivity contribution in [2.45, 2.75) is 0 Å². The van der Waals surface area contributed by atoms with Gasteiger partial charge < -0.3 is 14.7 Å². The Labute approximate surface area is 146 Å². The summed E-state index contributed by atoms with van der Waals surface area (Å²) >= 11 is 0. The third-order valence-electron chi connectivity index (χ3n) is 4.34. The number of β-amino-alcohol motifs (C(OH)–C–C–N with tert-alkyl or cyclic N) is 1. The topological polar surface area (TPSA) is 78.8 Å². The fourth-order valence-electron chi connectivity index (χ4n) is 2.94. The molecule has 3 rings (SSSR count). The fraction of sp³-hybridized carbons (Fsp3) is 0.389. The lowest BCUT2D eigenvalue weighted by Crippen LogP contribution is -2.49. The normalized spacial score (nSPS) is 15.2. The number of aliphatic hydroxyl groups excluding tert-OH is 1. The second-order valence-corrected chi connectivity index (χ2v) is 5.85. The zero-order valence-corrected chi connectivity index (χ0v) is 14.3. The second-order valence-electron chi connectivity index (χ2n) is 5.85. The van der Waals surface area contributed by atoms with Gasteiger partial charge >= 0.3 is 0 Å². The van der Waals surface area contributed by atoms with E-state index >= 15 is 0 Å². The van der Waals surface area contributed by atoms with Gasteiger partial charge in [0.05, 0.1) is 13.7 Å². The molecule has 0 aliphatic carbocycles. The predicted octanol–water partition coefficient (Wildman–Crippen LogP) is 0.902. The summed E-state index contributed by atoms with van der Waals surface area (Å²) in [6, 6.07) is 7.35. The van der Waals surface area contributed by atoms with Gasteiger partial charge in [0.25, 0.3) is 5.91 Å². The number of hydrogen-bond donors (Lipinski definition) is 1. The van der Waals surface area contributed by atoms with Gasteiger partial charge in [-0.1, -0.05) is 12.1 Å². The standard InChI is InChI=1S/C18H22N4O3/c1-25-17-16(19-6-7-20-17)14-2-4-15(5-3-14)18(24)22-10-8-21(9-11-22)12-13-23/h2-7,23H,8-13H2,1H3. The van der Waals surface area contributed by atoms with E-state index in [0.717, 1.165) is 18.7 Å². The molecule has 1 aliphatic heterocycles. The molecule has 0 unspecified atom stereocenters. The van der Waals surface area contributed by atoms with Crippen LogP contribution >= 0.6 is 0 Å². The number of amides is 1. The summed E-state index contributed by atoms with van der Waals surface area (Å²) in [5.41, 5.74) is 2.16. The van der Waals surface area contributed by atoms with Gasteiger partial charge in [0.15, 0.2) is 0 Å². The van der Waals surface area contributed by atoms with Crippen LogP contribution in [0.25, 0.3) is 11.3 Å². The van der Waals surface area contributed by atoms with Gasteiger partial charge in [0, 0.05) is 56.2 Å². The van der Waals surface area contributed by atoms with Crippen LogP contribution < -0.4 is 4.74 Å². The molecule has 2 aromatic rings. The lowest BCUT2D eigenvalue weighted by Gasteiger charge is -2.34. The molecule has 7 nitrogen and oxygen atoms in total. The minimum atomic E-state index is 0.0290.